The van der Waals surface area contributed by atoms with E-state index < -0.39 is 0 Å². The molecule has 1 aliphatic rings. The summed E-state index contributed by atoms with van der Waals surface area (Å²) >= 11 is 5.23. The first-order valence-corrected chi connectivity index (χ1v) is 9.74. The van der Waals surface area contributed by atoms with Crippen molar-refractivity contribution in [1.82, 2.24) is 5.32 Å². The molecule has 1 fully saturated rings. The molecule has 0 aliphatic carbocycles. The number of hydrogen-bond acceptors (Lipinski definition) is 3. The van der Waals surface area contributed by atoms with Crippen LogP contribution in [0, 0.1) is 0 Å². The van der Waals surface area contributed by atoms with Crippen molar-refractivity contribution in [3.05, 3.63) is 66.2 Å². The van der Waals surface area contributed by atoms with Crippen LogP contribution in [0.3, 0.4) is 0 Å². The molecule has 0 spiro atoms. The molecule has 1 heterocycles. The Labute approximate surface area is 166 Å². The van der Waals surface area contributed by atoms with Crippen LogP contribution in [0.5, 0.6) is 0 Å². The van der Waals surface area contributed by atoms with Gasteiger partial charge in [0, 0.05) is 30.0 Å². The second kappa shape index (κ2) is 9.33. The highest BCUT2D eigenvalue weighted by atomic mass is 32.1. The van der Waals surface area contributed by atoms with Crippen LogP contribution in [-0.4, -0.2) is 23.6 Å². The second-order valence-corrected chi connectivity index (χ2v) is 7.18. The third-order valence-electron chi connectivity index (χ3n) is 4.72. The third-order valence-corrected chi connectivity index (χ3v) is 4.93. The van der Waals surface area contributed by atoms with E-state index in [9.17, 15) is 4.79 Å². The molecule has 1 amide bonds. The predicted octanol–water partition coefficient (Wildman–Crippen LogP) is 4.59. The summed E-state index contributed by atoms with van der Waals surface area (Å²) < 4.78 is 0. The van der Waals surface area contributed by atoms with Gasteiger partial charge in [0.15, 0.2) is 5.11 Å². The summed E-state index contributed by atoms with van der Waals surface area (Å²) in [7, 11) is 0. The van der Waals surface area contributed by atoms with Crippen molar-refractivity contribution in [2.45, 2.75) is 32.2 Å². The zero-order chi connectivity index (χ0) is 19.1. The number of benzene rings is 2. The monoisotopic (exact) mass is 379 g/mol. The van der Waals surface area contributed by atoms with Gasteiger partial charge >= 0.3 is 0 Å². The molecule has 4 nitrogen and oxygen atoms in total. The van der Waals surface area contributed by atoms with Gasteiger partial charge in [0.05, 0.1) is 0 Å². The van der Waals surface area contributed by atoms with Gasteiger partial charge in [-0.15, -0.1) is 0 Å². The molecular formula is C22H25N3OS. The first-order chi connectivity index (χ1) is 13.1. The summed E-state index contributed by atoms with van der Waals surface area (Å²) in [6.07, 6.45) is 7.03. The minimum absolute atomic E-state index is 0.255. The van der Waals surface area contributed by atoms with Gasteiger partial charge in [0.2, 0.25) is 5.91 Å². The quantitative estimate of drug-likeness (QED) is 0.602. The summed E-state index contributed by atoms with van der Waals surface area (Å²) in [5.74, 6) is -0.255. The smallest absolute Gasteiger partial charge is 0.250 e. The number of nitrogens with zero attached hydrogens (tertiary/aromatic N) is 1. The predicted molar refractivity (Wildman–Crippen MR) is 117 cm³/mol. The molecule has 2 aromatic rings. The van der Waals surface area contributed by atoms with E-state index >= 15 is 0 Å². The van der Waals surface area contributed by atoms with E-state index in [1.807, 2.05) is 42.5 Å². The van der Waals surface area contributed by atoms with Crippen LogP contribution in [0.15, 0.2) is 60.7 Å². The normalized spacial score (nSPS) is 16.9. The van der Waals surface area contributed by atoms with Crippen molar-refractivity contribution in [1.29, 1.82) is 0 Å². The Balaban J connectivity index is 1.51. The lowest BCUT2D eigenvalue weighted by atomic mass is 10.0. The van der Waals surface area contributed by atoms with Gasteiger partial charge in [-0.25, -0.2) is 0 Å². The molecule has 0 bridgehead atoms. The van der Waals surface area contributed by atoms with Gasteiger partial charge in [0.25, 0.3) is 0 Å². The lowest BCUT2D eigenvalue weighted by molar-refractivity contribution is -0.115. The van der Waals surface area contributed by atoms with Crippen molar-refractivity contribution >= 4 is 40.7 Å². The van der Waals surface area contributed by atoms with Gasteiger partial charge in [-0.2, -0.15) is 0 Å². The molecule has 0 unspecified atom stereocenters. The highest BCUT2D eigenvalue weighted by molar-refractivity contribution is 7.80. The molecule has 5 heteroatoms. The van der Waals surface area contributed by atoms with E-state index in [0.29, 0.717) is 6.04 Å². The molecule has 1 aliphatic heterocycles. The van der Waals surface area contributed by atoms with E-state index in [2.05, 4.69) is 34.6 Å². The fourth-order valence-electron chi connectivity index (χ4n) is 3.27. The molecule has 0 aromatic heterocycles. The number of nitrogens with one attached hydrogen (secondary N) is 2. The van der Waals surface area contributed by atoms with Crippen LogP contribution in [0.2, 0.25) is 0 Å². The van der Waals surface area contributed by atoms with Crippen LogP contribution in [0.4, 0.5) is 11.4 Å². The molecule has 1 saturated heterocycles. The molecule has 0 saturated carbocycles. The maximum atomic E-state index is 12.0. The Hall–Kier alpha value is -2.66. The van der Waals surface area contributed by atoms with Gasteiger partial charge in [-0.1, -0.05) is 30.3 Å². The molecule has 0 radical (unpaired) electrons. The van der Waals surface area contributed by atoms with Crippen molar-refractivity contribution in [3.63, 3.8) is 0 Å². The topological polar surface area (TPSA) is 44.4 Å². The molecule has 2 aromatic carbocycles. The zero-order valence-electron chi connectivity index (χ0n) is 15.5. The lowest BCUT2D eigenvalue weighted by Gasteiger charge is -2.35. The molecule has 1 atom stereocenters. The lowest BCUT2D eigenvalue weighted by Crippen LogP contribution is -2.37. The second-order valence-electron chi connectivity index (χ2n) is 6.77. The maximum absolute atomic E-state index is 12.0. The Kier molecular flexibility index (Phi) is 6.60. The van der Waals surface area contributed by atoms with Gasteiger partial charge < -0.3 is 10.2 Å². The molecule has 140 valence electrons. The first kappa shape index (κ1) is 19.1. The largest absolute Gasteiger partial charge is 0.369 e. The summed E-state index contributed by atoms with van der Waals surface area (Å²) in [5, 5.41) is 6.02. The fourth-order valence-corrected chi connectivity index (χ4v) is 3.49. The van der Waals surface area contributed by atoms with Crippen LogP contribution < -0.4 is 15.5 Å². The average molecular weight is 380 g/mol. The zero-order valence-corrected chi connectivity index (χ0v) is 16.3. The minimum Gasteiger partial charge on any atom is -0.369 e. The highest BCUT2D eigenvalue weighted by Gasteiger charge is 2.18. The SMILES string of the molecule is C[C@H]1CCCCN1c1ccc(NC(=S)NC(=O)/C=C/c2ccccc2)cc1. The summed E-state index contributed by atoms with van der Waals surface area (Å²) in [4.78, 5) is 14.4. The number of rotatable bonds is 4. The number of piperidine rings is 1. The van der Waals surface area contributed by atoms with E-state index in [1.54, 1.807) is 6.08 Å². The number of amides is 1. The minimum atomic E-state index is -0.255. The number of anilines is 2. The van der Waals surface area contributed by atoms with Crippen molar-refractivity contribution in [2.24, 2.45) is 0 Å². The van der Waals surface area contributed by atoms with E-state index in [-0.39, 0.29) is 11.0 Å². The first-order valence-electron chi connectivity index (χ1n) is 9.33. The van der Waals surface area contributed by atoms with Crippen LogP contribution >= 0.6 is 12.2 Å². The van der Waals surface area contributed by atoms with Crippen LogP contribution in [0.25, 0.3) is 6.08 Å². The number of hydrogen-bond donors (Lipinski definition) is 2. The maximum Gasteiger partial charge on any atom is 0.250 e. The summed E-state index contributed by atoms with van der Waals surface area (Å²) in [6.45, 7) is 3.38. The van der Waals surface area contributed by atoms with E-state index in [0.717, 1.165) is 17.8 Å². The van der Waals surface area contributed by atoms with Crippen LogP contribution in [-0.2, 0) is 4.79 Å². The van der Waals surface area contributed by atoms with Crippen molar-refractivity contribution in [3.8, 4) is 0 Å². The van der Waals surface area contributed by atoms with E-state index in [4.69, 9.17) is 12.2 Å². The van der Waals surface area contributed by atoms with Gasteiger partial charge in [-0.3, -0.25) is 10.1 Å². The van der Waals surface area contributed by atoms with Crippen LogP contribution in [0.1, 0.15) is 31.7 Å². The standard InChI is InChI=1S/C22H25N3OS/c1-17-7-5-6-16-25(17)20-13-11-19(12-14-20)23-22(27)24-21(26)15-10-18-8-3-2-4-9-18/h2-4,8-15,17H,5-7,16H2,1H3,(H2,23,24,26,27)/b15-10+/t17-/m0/s1. The molecule has 3 rings (SSSR count). The number of carbonyl (C=O) groups excluding carboxylic acids is 1. The molecule has 2 N–H and O–H groups in total. The Morgan fingerprint density at radius 3 is 2.56 bits per heavy atom. The number of carbonyl (C=O) groups is 1. The van der Waals surface area contributed by atoms with Crippen molar-refractivity contribution < 1.29 is 4.79 Å². The Morgan fingerprint density at radius 1 is 1.11 bits per heavy atom. The molecule has 27 heavy (non-hydrogen) atoms. The summed E-state index contributed by atoms with van der Waals surface area (Å²) in [6, 6.07) is 18.4. The highest BCUT2D eigenvalue weighted by Crippen LogP contribution is 2.25. The summed E-state index contributed by atoms with van der Waals surface area (Å²) in [5.41, 5.74) is 3.06. The Morgan fingerprint density at radius 2 is 1.85 bits per heavy atom. The average Bonchev–Trinajstić information content (AvgIpc) is 2.68. The Bertz CT molecular complexity index is 802. The van der Waals surface area contributed by atoms with Crippen molar-refractivity contribution in [2.75, 3.05) is 16.8 Å². The number of thiocarbonyl (C=S) groups is 1. The fraction of sp³-hybridized carbons (Fsp3) is 0.273. The van der Waals surface area contributed by atoms with Gasteiger partial charge in [-0.05, 0) is 74.3 Å². The van der Waals surface area contributed by atoms with Gasteiger partial charge in [0.1, 0.15) is 0 Å². The third kappa shape index (κ3) is 5.66. The molecular weight excluding hydrogens is 354 g/mol. The van der Waals surface area contributed by atoms with E-state index in [1.165, 1.54) is 31.0 Å².